The average Bonchev–Trinajstić information content (AvgIpc) is 3.18. The Balaban J connectivity index is 2.46. The number of allylic oxidation sites excluding steroid dienone is 4. The highest BCUT2D eigenvalue weighted by Crippen LogP contribution is 2.47. The summed E-state index contributed by atoms with van der Waals surface area (Å²) in [5, 5.41) is 50.0. The van der Waals surface area contributed by atoms with Crippen LogP contribution in [0, 0.1) is 0 Å². The molecule has 0 aromatic carbocycles. The maximum absolute atomic E-state index is 12.8. The Hall–Kier alpha value is -1.67. The van der Waals surface area contributed by atoms with Gasteiger partial charge in [-0.3, -0.25) is 18.6 Å². The smallest absolute Gasteiger partial charge is 0.462 e. The molecule has 0 bridgehead atoms. The number of phosphoric ester groups is 1. The quantitative estimate of drug-likeness (QED) is 0.0157. The Bertz CT molecular complexity index is 1090. The van der Waals surface area contributed by atoms with Crippen LogP contribution in [0.4, 0.5) is 0 Å². The molecule has 1 fully saturated rings. The minimum atomic E-state index is -5.11. The Morgan fingerprint density at radius 3 is 1.48 bits per heavy atom. The Kier molecular flexibility index (Phi) is 31.0. The van der Waals surface area contributed by atoms with Gasteiger partial charge in [-0.15, -0.1) is 0 Å². The maximum atomic E-state index is 12.8. The molecule has 0 amide bonds. The lowest BCUT2D eigenvalue weighted by atomic mass is 9.85. The van der Waals surface area contributed by atoms with Crippen LogP contribution in [0.5, 0.6) is 0 Å². The zero-order valence-corrected chi connectivity index (χ0v) is 35.3. The molecule has 8 atom stereocenters. The van der Waals surface area contributed by atoms with Crippen molar-refractivity contribution in [2.45, 2.75) is 217 Å². The number of aliphatic hydroxyl groups is 5. The topological polar surface area (TPSA) is 210 Å². The first-order chi connectivity index (χ1) is 26.9. The molecule has 56 heavy (non-hydrogen) atoms. The van der Waals surface area contributed by atoms with Crippen molar-refractivity contribution < 1.29 is 63.1 Å². The summed E-state index contributed by atoms with van der Waals surface area (Å²) >= 11 is 0. The summed E-state index contributed by atoms with van der Waals surface area (Å²) < 4.78 is 33.4. The minimum Gasteiger partial charge on any atom is -0.462 e. The number of hydrogen-bond donors (Lipinski definition) is 6. The molecule has 1 rings (SSSR count). The molecule has 0 aliphatic heterocycles. The number of esters is 2. The third kappa shape index (κ3) is 25.6. The van der Waals surface area contributed by atoms with E-state index in [0.29, 0.717) is 12.8 Å². The lowest BCUT2D eigenvalue weighted by Crippen LogP contribution is -2.64. The van der Waals surface area contributed by atoms with Gasteiger partial charge in [0.25, 0.3) is 0 Å². The van der Waals surface area contributed by atoms with Gasteiger partial charge in [0.1, 0.15) is 43.2 Å². The molecule has 13 nitrogen and oxygen atoms in total. The summed E-state index contributed by atoms with van der Waals surface area (Å²) in [7, 11) is -5.11. The second kappa shape index (κ2) is 33.2. The number of ether oxygens (including phenoxy) is 2. The summed E-state index contributed by atoms with van der Waals surface area (Å²) in [6.07, 6.45) is 21.0. The molecular formula is C42H77O13P. The maximum Gasteiger partial charge on any atom is 0.472 e. The van der Waals surface area contributed by atoms with Crippen LogP contribution in [-0.4, -0.2) is 98.3 Å². The van der Waals surface area contributed by atoms with Crippen molar-refractivity contribution in [3.63, 3.8) is 0 Å². The fourth-order valence-electron chi connectivity index (χ4n) is 6.49. The van der Waals surface area contributed by atoms with Gasteiger partial charge in [-0.2, -0.15) is 0 Å². The molecule has 6 N–H and O–H groups in total. The van der Waals surface area contributed by atoms with Crippen LogP contribution in [0.25, 0.3) is 0 Å². The average molecular weight is 821 g/mol. The molecule has 0 spiro atoms. The van der Waals surface area contributed by atoms with Crippen molar-refractivity contribution in [3.8, 4) is 0 Å². The van der Waals surface area contributed by atoms with E-state index in [1.807, 2.05) is 0 Å². The highest BCUT2D eigenvalue weighted by Gasteiger charge is 2.51. The Labute approximate surface area is 336 Å². The first-order valence-electron chi connectivity index (χ1n) is 21.6. The third-order valence-corrected chi connectivity index (χ3v) is 11.0. The largest absolute Gasteiger partial charge is 0.472 e. The van der Waals surface area contributed by atoms with Gasteiger partial charge in [0, 0.05) is 12.8 Å². The second-order valence-electron chi connectivity index (χ2n) is 15.2. The number of unbranched alkanes of at least 4 members (excludes halogenated alkanes) is 19. The summed E-state index contributed by atoms with van der Waals surface area (Å²) in [6, 6.07) is 0. The van der Waals surface area contributed by atoms with Gasteiger partial charge in [0.2, 0.25) is 0 Å². The van der Waals surface area contributed by atoms with Crippen molar-refractivity contribution in [2.24, 2.45) is 0 Å². The first-order valence-corrected chi connectivity index (χ1v) is 23.1. The fourth-order valence-corrected chi connectivity index (χ4v) is 7.47. The van der Waals surface area contributed by atoms with Crippen LogP contribution in [0.1, 0.15) is 174 Å². The molecule has 6 unspecified atom stereocenters. The molecule has 1 aliphatic carbocycles. The van der Waals surface area contributed by atoms with Gasteiger partial charge in [-0.1, -0.05) is 141 Å². The molecule has 0 aromatic rings. The molecule has 328 valence electrons. The van der Waals surface area contributed by atoms with Crippen LogP contribution < -0.4 is 0 Å². The van der Waals surface area contributed by atoms with Crippen molar-refractivity contribution in [1.29, 1.82) is 0 Å². The van der Waals surface area contributed by atoms with Crippen LogP contribution in [0.3, 0.4) is 0 Å². The molecule has 14 heteroatoms. The van der Waals surface area contributed by atoms with Crippen LogP contribution in [-0.2, 0) is 32.7 Å². The first kappa shape index (κ1) is 52.3. The Morgan fingerprint density at radius 2 is 0.964 bits per heavy atom. The lowest BCUT2D eigenvalue weighted by Gasteiger charge is -2.41. The molecule has 0 saturated heterocycles. The number of aliphatic hydroxyl groups excluding tert-OH is 5. The van der Waals surface area contributed by atoms with E-state index in [0.717, 1.165) is 70.6 Å². The van der Waals surface area contributed by atoms with Gasteiger partial charge >= 0.3 is 19.8 Å². The van der Waals surface area contributed by atoms with E-state index in [4.69, 9.17) is 18.5 Å². The fraction of sp³-hybridized carbons (Fsp3) is 0.857. The molecule has 1 aliphatic rings. The SMILES string of the molecule is CCCCC/C=C\C/C=C\CCCCCCCCCC(=O)OC[C@H](COP(=O)(O)OC1C(O)C(O)C(O)[C@@H](O)C1O)OC(=O)CCCCCCCCCCCC. The highest BCUT2D eigenvalue weighted by molar-refractivity contribution is 7.47. The lowest BCUT2D eigenvalue weighted by molar-refractivity contribution is -0.220. The van der Waals surface area contributed by atoms with E-state index < -0.39 is 75.7 Å². The van der Waals surface area contributed by atoms with E-state index in [1.54, 1.807) is 0 Å². The Morgan fingerprint density at radius 1 is 0.554 bits per heavy atom. The highest BCUT2D eigenvalue weighted by atomic mass is 31.2. The molecule has 0 aromatic heterocycles. The van der Waals surface area contributed by atoms with Gasteiger partial charge < -0.3 is 39.9 Å². The minimum absolute atomic E-state index is 0.0976. The van der Waals surface area contributed by atoms with E-state index in [1.165, 1.54) is 64.2 Å². The van der Waals surface area contributed by atoms with Crippen LogP contribution in [0.15, 0.2) is 24.3 Å². The summed E-state index contributed by atoms with van der Waals surface area (Å²) in [6.45, 7) is 3.23. The summed E-state index contributed by atoms with van der Waals surface area (Å²) in [4.78, 5) is 35.5. The normalized spacial score (nSPS) is 23.1. The zero-order chi connectivity index (χ0) is 41.4. The van der Waals surface area contributed by atoms with Crippen molar-refractivity contribution >= 4 is 19.8 Å². The molecule has 0 heterocycles. The number of phosphoric acid groups is 1. The predicted octanol–water partition coefficient (Wildman–Crippen LogP) is 7.67. The van der Waals surface area contributed by atoms with Gasteiger partial charge in [-0.05, 0) is 44.9 Å². The van der Waals surface area contributed by atoms with Crippen molar-refractivity contribution in [1.82, 2.24) is 0 Å². The van der Waals surface area contributed by atoms with Crippen LogP contribution in [0.2, 0.25) is 0 Å². The second-order valence-corrected chi connectivity index (χ2v) is 16.6. The monoisotopic (exact) mass is 821 g/mol. The van der Waals surface area contributed by atoms with E-state index in [-0.39, 0.29) is 12.8 Å². The standard InChI is InChI=1S/C42H77O13P/c1-3-5-7-9-11-13-15-16-17-18-19-20-21-23-24-26-28-30-35(43)52-32-34(54-36(44)31-29-27-25-22-14-12-10-8-6-4-2)33-53-56(50,51)55-42-40(48)38(46)37(45)39(47)41(42)49/h11,13,16-17,34,37-42,45-49H,3-10,12,14-15,18-33H2,1-2H3,(H,50,51)/b13-11-,17-16-/t34-,37?,38-,39?,40?,41?,42?/m1/s1. The predicted molar refractivity (Wildman–Crippen MR) is 217 cm³/mol. The zero-order valence-electron chi connectivity index (χ0n) is 34.4. The molecular weight excluding hydrogens is 743 g/mol. The summed E-state index contributed by atoms with van der Waals surface area (Å²) in [5.74, 6) is -1.11. The van der Waals surface area contributed by atoms with Crippen molar-refractivity contribution in [3.05, 3.63) is 24.3 Å². The summed E-state index contributed by atoms with van der Waals surface area (Å²) in [5.41, 5.74) is 0. The number of carbonyl (C=O) groups is 2. The third-order valence-electron chi connectivity index (χ3n) is 10.0. The number of hydrogen-bond acceptors (Lipinski definition) is 12. The van der Waals surface area contributed by atoms with E-state index in [9.17, 15) is 44.6 Å². The van der Waals surface area contributed by atoms with Gasteiger partial charge in [-0.25, -0.2) is 4.57 Å². The van der Waals surface area contributed by atoms with Crippen molar-refractivity contribution in [2.75, 3.05) is 13.2 Å². The van der Waals surface area contributed by atoms with E-state index in [2.05, 4.69) is 38.2 Å². The number of rotatable bonds is 35. The van der Waals surface area contributed by atoms with Crippen LogP contribution >= 0.6 is 7.82 Å². The molecule has 0 radical (unpaired) electrons. The van der Waals surface area contributed by atoms with Gasteiger partial charge in [0.15, 0.2) is 6.10 Å². The molecule has 1 saturated carbocycles. The van der Waals surface area contributed by atoms with E-state index >= 15 is 0 Å². The number of carbonyl (C=O) groups excluding carboxylic acids is 2. The van der Waals surface area contributed by atoms with Gasteiger partial charge in [0.05, 0.1) is 6.61 Å².